The van der Waals surface area contributed by atoms with Crippen molar-refractivity contribution in [3.05, 3.63) is 0 Å². The Hall–Kier alpha value is -0.0800. The van der Waals surface area contributed by atoms with Gasteiger partial charge in [-0.15, -0.1) is 0 Å². The van der Waals surface area contributed by atoms with Crippen molar-refractivity contribution in [3.8, 4) is 0 Å². The van der Waals surface area contributed by atoms with Crippen molar-refractivity contribution in [3.63, 3.8) is 0 Å². The van der Waals surface area contributed by atoms with Crippen molar-refractivity contribution in [2.24, 2.45) is 29.1 Å². The van der Waals surface area contributed by atoms with E-state index in [-0.39, 0.29) is 5.41 Å². The first kappa shape index (κ1) is 11.6. The van der Waals surface area contributed by atoms with Gasteiger partial charge in [-0.2, -0.15) is 0 Å². The smallest absolute Gasteiger partial charge is 0.0787 e. The van der Waals surface area contributed by atoms with Crippen molar-refractivity contribution >= 4 is 0 Å². The Balaban J connectivity index is 1.57. The summed E-state index contributed by atoms with van der Waals surface area (Å²) >= 11 is 0. The first-order valence-electron chi connectivity index (χ1n) is 8.58. The van der Waals surface area contributed by atoms with E-state index in [2.05, 4.69) is 0 Å². The Bertz CT molecular complexity index is 349. The molecular weight excluding hydrogens is 236 g/mol. The van der Waals surface area contributed by atoms with Crippen molar-refractivity contribution in [2.45, 2.75) is 75.4 Å². The summed E-state index contributed by atoms with van der Waals surface area (Å²) in [6, 6.07) is 0. The van der Waals surface area contributed by atoms with Crippen molar-refractivity contribution in [1.29, 1.82) is 0 Å². The van der Waals surface area contributed by atoms with Gasteiger partial charge in [-0.25, -0.2) is 0 Å². The molecule has 2 heteroatoms. The van der Waals surface area contributed by atoms with Crippen LogP contribution in [-0.2, 0) is 0 Å². The Labute approximate surface area is 115 Å². The molecule has 0 heterocycles. The Morgan fingerprint density at radius 3 is 1.00 bits per heavy atom. The highest BCUT2D eigenvalue weighted by Gasteiger charge is 2.79. The van der Waals surface area contributed by atoms with Gasteiger partial charge in [0.15, 0.2) is 0 Å². The van der Waals surface area contributed by atoms with E-state index in [1.807, 2.05) is 0 Å². The fourth-order valence-corrected chi connectivity index (χ4v) is 5.57. The molecule has 106 valence electrons. The van der Waals surface area contributed by atoms with Gasteiger partial charge in [-0.05, 0) is 87.9 Å². The third-order valence-corrected chi connectivity index (χ3v) is 7.08. The average Bonchev–Trinajstić information content (AvgIpc) is 3.34. The van der Waals surface area contributed by atoms with E-state index in [4.69, 9.17) is 0 Å². The van der Waals surface area contributed by atoms with E-state index in [9.17, 15) is 10.2 Å². The lowest BCUT2D eigenvalue weighted by Crippen LogP contribution is -2.59. The number of rotatable bonds is 6. The SMILES string of the molecule is OC(C1CC1)(C1CC1)C1(C(O)(C2CC2)C2CC2)CC1. The summed E-state index contributed by atoms with van der Waals surface area (Å²) < 4.78 is 0. The molecule has 5 rings (SSSR count). The molecule has 0 aliphatic heterocycles. The lowest BCUT2D eigenvalue weighted by Gasteiger charge is -2.49. The van der Waals surface area contributed by atoms with Crippen LogP contribution in [0.5, 0.6) is 0 Å². The second kappa shape index (κ2) is 3.22. The fraction of sp³-hybridized carbons (Fsp3) is 1.00. The fourth-order valence-electron chi connectivity index (χ4n) is 5.57. The first-order chi connectivity index (χ1) is 9.13. The van der Waals surface area contributed by atoms with E-state index in [0.717, 1.165) is 12.8 Å². The lowest BCUT2D eigenvalue weighted by molar-refractivity contribution is -0.184. The zero-order chi connectivity index (χ0) is 12.9. The molecule has 0 saturated heterocycles. The van der Waals surface area contributed by atoms with Crippen LogP contribution < -0.4 is 0 Å². The van der Waals surface area contributed by atoms with E-state index in [1.54, 1.807) is 0 Å². The minimum Gasteiger partial charge on any atom is -0.389 e. The monoisotopic (exact) mass is 262 g/mol. The standard InChI is InChI=1S/C17H26O2/c18-16(11-1-2-11,12-3-4-12)15(9-10-15)17(19,13-5-6-13)14-7-8-14/h11-14,18-19H,1-10H2. The predicted molar refractivity (Wildman–Crippen MR) is 72.5 cm³/mol. The highest BCUT2D eigenvalue weighted by Crippen LogP contribution is 2.77. The zero-order valence-corrected chi connectivity index (χ0v) is 11.8. The number of aliphatic hydroxyl groups is 2. The maximum absolute atomic E-state index is 11.6. The molecule has 5 saturated carbocycles. The second-order valence-electron chi connectivity index (χ2n) is 8.33. The van der Waals surface area contributed by atoms with Gasteiger partial charge in [-0.1, -0.05) is 0 Å². The highest BCUT2D eigenvalue weighted by molar-refractivity contribution is 5.29. The van der Waals surface area contributed by atoms with Crippen molar-refractivity contribution < 1.29 is 10.2 Å². The molecule has 0 atom stereocenters. The quantitative estimate of drug-likeness (QED) is 0.772. The van der Waals surface area contributed by atoms with Crippen LogP contribution in [0.1, 0.15) is 64.2 Å². The Morgan fingerprint density at radius 2 is 0.842 bits per heavy atom. The summed E-state index contributed by atoms with van der Waals surface area (Å²) in [5.74, 6) is 2.08. The molecule has 0 radical (unpaired) electrons. The molecular formula is C17H26O2. The second-order valence-corrected chi connectivity index (χ2v) is 8.33. The van der Waals surface area contributed by atoms with Crippen LogP contribution in [0.2, 0.25) is 0 Å². The third-order valence-electron chi connectivity index (χ3n) is 7.08. The highest BCUT2D eigenvalue weighted by atomic mass is 16.3. The molecule has 5 aliphatic carbocycles. The number of hydrogen-bond acceptors (Lipinski definition) is 2. The molecule has 2 N–H and O–H groups in total. The van der Waals surface area contributed by atoms with Crippen LogP contribution in [0.4, 0.5) is 0 Å². The zero-order valence-electron chi connectivity index (χ0n) is 11.8. The molecule has 0 aromatic carbocycles. The van der Waals surface area contributed by atoms with E-state index >= 15 is 0 Å². The van der Waals surface area contributed by atoms with Crippen molar-refractivity contribution in [2.75, 3.05) is 0 Å². The topological polar surface area (TPSA) is 40.5 Å². The third kappa shape index (κ3) is 1.31. The van der Waals surface area contributed by atoms with Crippen LogP contribution in [-0.4, -0.2) is 21.4 Å². The van der Waals surface area contributed by atoms with Gasteiger partial charge in [0, 0.05) is 5.41 Å². The van der Waals surface area contributed by atoms with Gasteiger partial charge in [0.2, 0.25) is 0 Å². The molecule has 0 aromatic heterocycles. The molecule has 5 aliphatic rings. The minimum atomic E-state index is -0.493. The summed E-state index contributed by atoms with van der Waals surface area (Å²) in [5, 5.41) is 23.2. The van der Waals surface area contributed by atoms with Gasteiger partial charge < -0.3 is 10.2 Å². The summed E-state index contributed by atoms with van der Waals surface area (Å²) in [4.78, 5) is 0. The lowest BCUT2D eigenvalue weighted by atomic mass is 9.63. The molecule has 0 aromatic rings. The summed E-state index contributed by atoms with van der Waals surface area (Å²) in [6.07, 6.45) is 11.9. The minimum absolute atomic E-state index is 0.0926. The molecule has 0 spiro atoms. The summed E-state index contributed by atoms with van der Waals surface area (Å²) in [7, 11) is 0. The van der Waals surface area contributed by atoms with Crippen LogP contribution >= 0.6 is 0 Å². The predicted octanol–water partition coefficient (Wildman–Crippen LogP) is 2.87. The average molecular weight is 262 g/mol. The van der Waals surface area contributed by atoms with Gasteiger partial charge >= 0.3 is 0 Å². The van der Waals surface area contributed by atoms with E-state index in [1.165, 1.54) is 51.4 Å². The first-order valence-corrected chi connectivity index (χ1v) is 8.58. The van der Waals surface area contributed by atoms with Gasteiger partial charge in [0.25, 0.3) is 0 Å². The molecule has 0 amide bonds. The van der Waals surface area contributed by atoms with Crippen LogP contribution in [0.25, 0.3) is 0 Å². The number of hydrogen-bond donors (Lipinski definition) is 2. The van der Waals surface area contributed by atoms with Crippen LogP contribution in [0.15, 0.2) is 0 Å². The Kier molecular flexibility index (Phi) is 1.96. The molecule has 5 fully saturated rings. The maximum Gasteiger partial charge on any atom is 0.0787 e. The molecule has 0 unspecified atom stereocenters. The Morgan fingerprint density at radius 1 is 0.579 bits per heavy atom. The van der Waals surface area contributed by atoms with Gasteiger partial charge in [0.05, 0.1) is 11.2 Å². The van der Waals surface area contributed by atoms with Crippen LogP contribution in [0, 0.1) is 29.1 Å². The largest absolute Gasteiger partial charge is 0.389 e. The maximum atomic E-state index is 11.6. The summed E-state index contributed by atoms with van der Waals surface area (Å²) in [5.41, 5.74) is -1.08. The van der Waals surface area contributed by atoms with E-state index < -0.39 is 11.2 Å². The van der Waals surface area contributed by atoms with E-state index in [0.29, 0.717) is 23.7 Å². The van der Waals surface area contributed by atoms with Gasteiger partial charge in [0.1, 0.15) is 0 Å². The van der Waals surface area contributed by atoms with Gasteiger partial charge in [-0.3, -0.25) is 0 Å². The molecule has 2 nitrogen and oxygen atoms in total. The molecule has 19 heavy (non-hydrogen) atoms. The van der Waals surface area contributed by atoms with Crippen LogP contribution in [0.3, 0.4) is 0 Å². The molecule has 0 bridgehead atoms. The normalized spacial score (nSPS) is 34.4. The van der Waals surface area contributed by atoms with Crippen molar-refractivity contribution in [1.82, 2.24) is 0 Å². The summed E-state index contributed by atoms with van der Waals surface area (Å²) in [6.45, 7) is 0.